The van der Waals surface area contributed by atoms with Gasteiger partial charge in [0, 0.05) is 44.2 Å². The summed E-state index contributed by atoms with van der Waals surface area (Å²) in [5.74, 6) is 0. The molecule has 0 aliphatic heterocycles. The molecule has 0 N–H and O–H groups in total. The Hall–Kier alpha value is -3.03. The largest absolute Gasteiger partial charge is 0.360 e. The van der Waals surface area contributed by atoms with E-state index in [1.165, 1.54) is 0 Å². The minimum atomic E-state index is -1.13. The van der Waals surface area contributed by atoms with Gasteiger partial charge < -0.3 is 4.74 Å². The molecule has 0 amide bonds. The lowest BCUT2D eigenvalue weighted by molar-refractivity contribution is 0.0816. The van der Waals surface area contributed by atoms with Crippen molar-refractivity contribution in [1.29, 1.82) is 0 Å². The van der Waals surface area contributed by atoms with Crippen LogP contribution >= 0.6 is 0 Å². The topological polar surface area (TPSA) is 57.2 Å². The first-order valence-corrected chi connectivity index (χ1v) is 13.9. The summed E-state index contributed by atoms with van der Waals surface area (Å²) >= 11 is 0. The van der Waals surface area contributed by atoms with Crippen molar-refractivity contribution >= 4 is 25.2 Å². The van der Waals surface area contributed by atoms with E-state index in [-0.39, 0.29) is 0 Å². The van der Waals surface area contributed by atoms with E-state index in [1.807, 2.05) is 53.6 Å². The molecule has 0 spiro atoms. The third kappa shape index (κ3) is 4.92. The maximum absolute atomic E-state index is 5.98. The van der Waals surface area contributed by atoms with Crippen molar-refractivity contribution in [3.63, 3.8) is 0 Å². The first-order chi connectivity index (χ1) is 14.5. The molecule has 6 nitrogen and oxygen atoms in total. The average Bonchev–Trinajstić information content (AvgIpc) is 3.37. The molecular formula is C23H27N5OSi. The second-order valence-corrected chi connectivity index (χ2v) is 14.1. The predicted molar refractivity (Wildman–Crippen MR) is 124 cm³/mol. The molecule has 4 aromatic rings. The smallest absolute Gasteiger partial charge is 0.140 e. The molecule has 0 saturated heterocycles. The molecule has 0 aliphatic carbocycles. The van der Waals surface area contributed by atoms with Gasteiger partial charge in [-0.15, -0.1) is 0 Å². The monoisotopic (exact) mass is 417 g/mol. The first-order valence-electron chi connectivity index (χ1n) is 10.2. The molecular weight excluding hydrogens is 390 g/mol. The van der Waals surface area contributed by atoms with Gasteiger partial charge in [0.1, 0.15) is 12.4 Å². The van der Waals surface area contributed by atoms with E-state index >= 15 is 0 Å². The maximum Gasteiger partial charge on any atom is 0.140 e. The standard InChI is InChI=1S/C23H27N5OSi/c1-30(2,3)15-14-29-18-28-23-16-19(21-8-4-5-11-24-21)9-10-20(23)22(26-28)17-25-27-12-6-7-13-27/h4-13,16-17H,14-15,18H2,1-3H3/b25-17+. The SMILES string of the molecule is C[Si](C)(C)CCOCn1nc(/C=N/n2cccc2)c2ccc(-c3ccccn3)cc21. The number of nitrogens with zero attached hydrogens (tertiary/aromatic N) is 5. The van der Waals surface area contributed by atoms with Crippen molar-refractivity contribution in [2.75, 3.05) is 6.61 Å². The van der Waals surface area contributed by atoms with Gasteiger partial charge in [0.2, 0.25) is 0 Å². The molecule has 1 aromatic carbocycles. The molecule has 3 heterocycles. The molecule has 30 heavy (non-hydrogen) atoms. The second-order valence-electron chi connectivity index (χ2n) is 8.49. The van der Waals surface area contributed by atoms with Gasteiger partial charge >= 0.3 is 0 Å². The fourth-order valence-corrected chi connectivity index (χ4v) is 3.90. The van der Waals surface area contributed by atoms with Crippen LogP contribution in [-0.2, 0) is 11.5 Å². The Bertz CT molecular complexity index is 1130. The van der Waals surface area contributed by atoms with Crippen molar-refractivity contribution in [3.8, 4) is 11.3 Å². The highest BCUT2D eigenvalue weighted by Gasteiger charge is 2.14. The summed E-state index contributed by atoms with van der Waals surface area (Å²) in [5.41, 5.74) is 3.83. The van der Waals surface area contributed by atoms with E-state index in [0.717, 1.165) is 40.5 Å². The van der Waals surface area contributed by atoms with Crippen LogP contribution < -0.4 is 0 Å². The highest BCUT2D eigenvalue weighted by molar-refractivity contribution is 6.76. The van der Waals surface area contributed by atoms with E-state index in [1.54, 1.807) is 10.9 Å². The van der Waals surface area contributed by atoms with Crippen molar-refractivity contribution in [2.24, 2.45) is 5.10 Å². The highest BCUT2D eigenvalue weighted by atomic mass is 28.3. The number of benzene rings is 1. The minimum absolute atomic E-state index is 0.421. The Labute approximate surface area is 177 Å². The van der Waals surface area contributed by atoms with Gasteiger partial charge in [0.25, 0.3) is 0 Å². The normalized spacial score (nSPS) is 12.2. The molecule has 0 aliphatic rings. The van der Waals surface area contributed by atoms with Crippen molar-refractivity contribution in [1.82, 2.24) is 19.4 Å². The number of ether oxygens (including phenoxy) is 1. The molecule has 4 rings (SSSR count). The fraction of sp³-hybridized carbons (Fsp3) is 0.261. The lowest BCUT2D eigenvalue weighted by Gasteiger charge is -2.15. The summed E-state index contributed by atoms with van der Waals surface area (Å²) < 4.78 is 9.66. The Morgan fingerprint density at radius 3 is 2.63 bits per heavy atom. The third-order valence-corrected chi connectivity index (χ3v) is 6.56. The summed E-state index contributed by atoms with van der Waals surface area (Å²) in [6.07, 6.45) is 7.40. The summed E-state index contributed by atoms with van der Waals surface area (Å²) in [5, 5.41) is 10.3. The van der Waals surface area contributed by atoms with Crippen LogP contribution in [0, 0.1) is 0 Å². The van der Waals surface area contributed by atoms with Crippen LogP contribution in [0.3, 0.4) is 0 Å². The lowest BCUT2D eigenvalue weighted by atomic mass is 10.1. The first kappa shape index (κ1) is 20.2. The number of hydrogen-bond acceptors (Lipinski definition) is 4. The zero-order valence-corrected chi connectivity index (χ0v) is 18.7. The molecule has 0 fully saturated rings. The second kappa shape index (κ2) is 8.77. The van der Waals surface area contributed by atoms with E-state index in [2.05, 4.69) is 47.9 Å². The van der Waals surface area contributed by atoms with Gasteiger partial charge in [0.15, 0.2) is 0 Å². The van der Waals surface area contributed by atoms with E-state index in [9.17, 15) is 0 Å². The number of rotatable bonds is 8. The third-order valence-electron chi connectivity index (χ3n) is 4.85. The van der Waals surface area contributed by atoms with E-state index in [4.69, 9.17) is 9.84 Å². The number of aromatic nitrogens is 4. The fourth-order valence-electron chi connectivity index (χ4n) is 3.14. The molecule has 0 unspecified atom stereocenters. The molecule has 0 radical (unpaired) electrons. The molecule has 0 atom stereocenters. The maximum atomic E-state index is 5.98. The average molecular weight is 418 g/mol. The van der Waals surface area contributed by atoms with Crippen molar-refractivity contribution < 1.29 is 4.74 Å². The Balaban J connectivity index is 1.66. The van der Waals surface area contributed by atoms with E-state index < -0.39 is 8.07 Å². The van der Waals surface area contributed by atoms with Crippen LogP contribution in [-0.4, -0.2) is 40.3 Å². The number of pyridine rings is 1. The van der Waals surface area contributed by atoms with Crippen LogP contribution in [0.5, 0.6) is 0 Å². The summed E-state index contributed by atoms with van der Waals surface area (Å²) in [6.45, 7) is 8.24. The zero-order chi connectivity index (χ0) is 21.0. The Morgan fingerprint density at radius 2 is 1.90 bits per heavy atom. The number of hydrogen-bond donors (Lipinski definition) is 0. The quantitative estimate of drug-likeness (QED) is 0.228. The molecule has 7 heteroatoms. The van der Waals surface area contributed by atoms with Crippen LogP contribution in [0.25, 0.3) is 22.2 Å². The molecule has 3 aromatic heterocycles. The summed E-state index contributed by atoms with van der Waals surface area (Å²) in [6, 6.07) is 17.2. The van der Waals surface area contributed by atoms with Crippen LogP contribution in [0.1, 0.15) is 5.69 Å². The van der Waals surface area contributed by atoms with Gasteiger partial charge in [-0.2, -0.15) is 10.2 Å². The minimum Gasteiger partial charge on any atom is -0.360 e. The van der Waals surface area contributed by atoms with Gasteiger partial charge in [-0.3, -0.25) is 4.98 Å². The van der Waals surface area contributed by atoms with Crippen molar-refractivity contribution in [3.05, 3.63) is 72.8 Å². The molecule has 154 valence electrons. The van der Waals surface area contributed by atoms with Crippen molar-refractivity contribution in [2.45, 2.75) is 32.4 Å². The van der Waals surface area contributed by atoms with Gasteiger partial charge in [-0.25, -0.2) is 9.36 Å². The van der Waals surface area contributed by atoms with E-state index in [0.29, 0.717) is 6.73 Å². The Kier molecular flexibility index (Phi) is 5.92. The summed E-state index contributed by atoms with van der Waals surface area (Å²) in [4.78, 5) is 4.48. The van der Waals surface area contributed by atoms with Crippen LogP contribution in [0.15, 0.2) is 72.2 Å². The Morgan fingerprint density at radius 1 is 1.07 bits per heavy atom. The summed E-state index contributed by atoms with van der Waals surface area (Å²) in [7, 11) is -1.13. The van der Waals surface area contributed by atoms with Crippen LogP contribution in [0.2, 0.25) is 25.7 Å². The van der Waals surface area contributed by atoms with Gasteiger partial charge in [-0.05, 0) is 42.4 Å². The molecule has 0 bridgehead atoms. The predicted octanol–water partition coefficient (Wildman–Crippen LogP) is 5.09. The zero-order valence-electron chi connectivity index (χ0n) is 17.7. The number of fused-ring (bicyclic) bond motifs is 1. The van der Waals surface area contributed by atoms with Gasteiger partial charge in [0.05, 0.1) is 17.4 Å². The lowest BCUT2D eigenvalue weighted by Crippen LogP contribution is -2.22. The van der Waals surface area contributed by atoms with Gasteiger partial charge in [-0.1, -0.05) is 31.8 Å². The molecule has 0 saturated carbocycles. The highest BCUT2D eigenvalue weighted by Crippen LogP contribution is 2.25. The van der Waals surface area contributed by atoms with Crippen LogP contribution in [0.4, 0.5) is 0 Å².